The Morgan fingerprint density at radius 3 is 2.67 bits per heavy atom. The van der Waals surface area contributed by atoms with Crippen molar-refractivity contribution < 1.29 is 37.6 Å². The number of nitrogens with zero attached hydrogens (tertiary/aromatic N) is 4. The standard InChI is InChI=1S/C28H39N6O8P/c1-6-38-22(35)15-40-43(33-21(27(36)41-17(2)3)13-19-10-8-7-9-11-19)39-14-20-12-18(4)26(42-20)34-16-30-23-24(34)31-28(29)32-25(23)37-5/h7-11,16-18,20-21,26,33H,6,12-15H2,1-5H3,(H2,29,31,32)/t18?,20?,21-,26?,43?/m1/s1. The Balaban J connectivity index is 1.47. The largest absolute Gasteiger partial charge is 0.479 e. The van der Waals surface area contributed by atoms with Crippen LogP contribution in [0.1, 0.15) is 45.9 Å². The fourth-order valence-corrected chi connectivity index (χ4v) is 5.85. The van der Waals surface area contributed by atoms with E-state index in [1.807, 2.05) is 30.3 Å². The lowest BCUT2D eigenvalue weighted by atomic mass is 10.1. The quantitative estimate of drug-likeness (QED) is 0.188. The third-order valence-electron chi connectivity index (χ3n) is 6.49. The third kappa shape index (κ3) is 8.80. The molecule has 15 heteroatoms. The van der Waals surface area contributed by atoms with Gasteiger partial charge in [0.1, 0.15) is 12.3 Å². The highest BCUT2D eigenvalue weighted by Crippen LogP contribution is 2.40. The second-order valence-electron chi connectivity index (χ2n) is 10.3. The zero-order valence-electron chi connectivity index (χ0n) is 25.0. The molecule has 4 unspecified atom stereocenters. The zero-order valence-corrected chi connectivity index (χ0v) is 25.9. The maximum absolute atomic E-state index is 13.1. The molecule has 0 spiro atoms. The fraction of sp³-hybridized carbons (Fsp3) is 0.536. The van der Waals surface area contributed by atoms with Crippen molar-refractivity contribution in [2.45, 2.75) is 65.0 Å². The summed E-state index contributed by atoms with van der Waals surface area (Å²) in [4.78, 5) is 38.0. The smallest absolute Gasteiger partial charge is 0.332 e. The van der Waals surface area contributed by atoms with Gasteiger partial charge in [-0.3, -0.25) is 9.36 Å². The molecule has 0 saturated carbocycles. The van der Waals surface area contributed by atoms with Gasteiger partial charge < -0.3 is 33.7 Å². The van der Waals surface area contributed by atoms with E-state index in [-0.39, 0.29) is 49.8 Å². The van der Waals surface area contributed by atoms with Gasteiger partial charge in [0.2, 0.25) is 11.8 Å². The average molecular weight is 619 g/mol. The molecule has 0 aliphatic carbocycles. The van der Waals surface area contributed by atoms with Crippen molar-refractivity contribution in [3.05, 3.63) is 42.2 Å². The topological polar surface area (TPSA) is 171 Å². The zero-order chi connectivity index (χ0) is 30.9. The molecule has 0 amide bonds. The van der Waals surface area contributed by atoms with Crippen LogP contribution in [0.15, 0.2) is 36.7 Å². The number of anilines is 1. The summed E-state index contributed by atoms with van der Waals surface area (Å²) in [6.45, 7) is 7.32. The van der Waals surface area contributed by atoms with Crippen molar-refractivity contribution in [3.63, 3.8) is 0 Å². The predicted molar refractivity (Wildman–Crippen MR) is 158 cm³/mol. The summed E-state index contributed by atoms with van der Waals surface area (Å²) in [5, 5.41) is 3.14. The van der Waals surface area contributed by atoms with Crippen molar-refractivity contribution in [1.29, 1.82) is 0 Å². The first-order valence-corrected chi connectivity index (χ1v) is 15.3. The van der Waals surface area contributed by atoms with Crippen LogP contribution in [0.3, 0.4) is 0 Å². The molecule has 1 aliphatic heterocycles. The van der Waals surface area contributed by atoms with Gasteiger partial charge in [0.25, 0.3) is 8.53 Å². The Labute approximate surface area is 251 Å². The molecule has 14 nitrogen and oxygen atoms in total. The predicted octanol–water partition coefficient (Wildman–Crippen LogP) is 3.32. The van der Waals surface area contributed by atoms with E-state index in [9.17, 15) is 9.59 Å². The maximum Gasteiger partial charge on any atom is 0.332 e. The van der Waals surface area contributed by atoms with Crippen LogP contribution < -0.4 is 15.6 Å². The molecule has 0 radical (unpaired) electrons. The first-order valence-electron chi connectivity index (χ1n) is 14.1. The monoisotopic (exact) mass is 618 g/mol. The summed E-state index contributed by atoms with van der Waals surface area (Å²) >= 11 is 0. The van der Waals surface area contributed by atoms with Crippen molar-refractivity contribution >= 4 is 37.6 Å². The second-order valence-corrected chi connectivity index (χ2v) is 11.6. The number of rotatable bonds is 15. The Bertz CT molecular complexity index is 1360. The number of hydrogen-bond donors (Lipinski definition) is 2. The second kappa shape index (κ2) is 15.3. The molecule has 1 saturated heterocycles. The number of hydrogen-bond acceptors (Lipinski definition) is 13. The Morgan fingerprint density at radius 2 is 1.98 bits per heavy atom. The molecule has 2 aromatic heterocycles. The molecule has 5 atom stereocenters. The van der Waals surface area contributed by atoms with E-state index in [0.717, 1.165) is 5.56 Å². The molecule has 0 bridgehead atoms. The lowest BCUT2D eigenvalue weighted by Gasteiger charge is -2.25. The summed E-state index contributed by atoms with van der Waals surface area (Å²) in [5.41, 5.74) is 7.78. The molecular weight excluding hydrogens is 579 g/mol. The van der Waals surface area contributed by atoms with Gasteiger partial charge in [-0.25, -0.2) is 14.9 Å². The number of nitrogens with one attached hydrogen (secondary N) is 1. The summed E-state index contributed by atoms with van der Waals surface area (Å²) < 4.78 is 35.9. The van der Waals surface area contributed by atoms with E-state index in [0.29, 0.717) is 24.0 Å². The van der Waals surface area contributed by atoms with Gasteiger partial charge >= 0.3 is 11.9 Å². The Kier molecular flexibility index (Phi) is 11.6. The Morgan fingerprint density at radius 1 is 1.21 bits per heavy atom. The molecule has 43 heavy (non-hydrogen) atoms. The van der Waals surface area contributed by atoms with Gasteiger partial charge in [0, 0.05) is 5.92 Å². The number of nitrogen functional groups attached to an aromatic ring is 1. The lowest BCUT2D eigenvalue weighted by Crippen LogP contribution is -2.39. The van der Waals surface area contributed by atoms with Crippen LogP contribution in [-0.2, 0) is 39.3 Å². The molecular formula is C28H39N6O8P. The van der Waals surface area contributed by atoms with E-state index in [4.69, 9.17) is 33.7 Å². The summed E-state index contributed by atoms with van der Waals surface area (Å²) in [6, 6.07) is 8.74. The highest BCUT2D eigenvalue weighted by molar-refractivity contribution is 7.45. The van der Waals surface area contributed by atoms with Gasteiger partial charge in [0.05, 0.1) is 38.9 Å². The Hall–Kier alpha value is -3.42. The van der Waals surface area contributed by atoms with Crippen molar-refractivity contribution in [2.75, 3.05) is 32.7 Å². The SMILES string of the molecule is CCOC(=O)COP(N[C@H](Cc1ccccc1)C(=O)OC(C)C)OCC1CC(C)C(n2cnc3c(OC)nc(N)nc32)O1. The molecule has 3 heterocycles. The van der Waals surface area contributed by atoms with E-state index >= 15 is 0 Å². The number of esters is 2. The van der Waals surface area contributed by atoms with Crippen molar-refractivity contribution in [1.82, 2.24) is 24.6 Å². The van der Waals surface area contributed by atoms with Crippen molar-refractivity contribution in [3.8, 4) is 5.88 Å². The summed E-state index contributed by atoms with van der Waals surface area (Å²) in [7, 11) is -0.439. The van der Waals surface area contributed by atoms with Crippen LogP contribution in [0.2, 0.25) is 0 Å². The van der Waals surface area contributed by atoms with E-state index < -0.39 is 32.7 Å². The molecule has 4 rings (SSSR count). The normalized spacial score (nSPS) is 19.8. The summed E-state index contributed by atoms with van der Waals surface area (Å²) in [5.74, 6) is -0.584. The number of methoxy groups -OCH3 is 1. The minimum atomic E-state index is -1.93. The van der Waals surface area contributed by atoms with Crippen LogP contribution in [0.5, 0.6) is 5.88 Å². The number of ether oxygens (including phenoxy) is 4. The highest BCUT2D eigenvalue weighted by atomic mass is 31.2. The van der Waals surface area contributed by atoms with E-state index in [2.05, 4.69) is 27.0 Å². The summed E-state index contributed by atoms with van der Waals surface area (Å²) in [6.07, 6.45) is 1.57. The minimum Gasteiger partial charge on any atom is -0.479 e. The first kappa shape index (κ1) is 32.5. The number of fused-ring (bicyclic) bond motifs is 1. The maximum atomic E-state index is 13.1. The molecule has 3 N–H and O–H groups in total. The van der Waals surface area contributed by atoms with Crippen LogP contribution >= 0.6 is 8.53 Å². The van der Waals surface area contributed by atoms with Gasteiger partial charge in [-0.05, 0) is 39.2 Å². The first-order chi connectivity index (χ1) is 20.7. The molecule has 3 aromatic rings. The van der Waals surface area contributed by atoms with Crippen LogP contribution in [0, 0.1) is 5.92 Å². The highest BCUT2D eigenvalue weighted by Gasteiger charge is 2.36. The number of carbonyl (C=O) groups is 2. The third-order valence-corrected chi connectivity index (χ3v) is 7.76. The number of carbonyl (C=O) groups excluding carboxylic acids is 2. The minimum absolute atomic E-state index is 0.0631. The van der Waals surface area contributed by atoms with Gasteiger partial charge in [-0.2, -0.15) is 9.97 Å². The number of aromatic nitrogens is 4. The average Bonchev–Trinajstić information content (AvgIpc) is 3.56. The van der Waals surface area contributed by atoms with Gasteiger partial charge in [-0.15, -0.1) is 0 Å². The van der Waals surface area contributed by atoms with Crippen LogP contribution in [-0.4, -0.2) is 76.6 Å². The van der Waals surface area contributed by atoms with E-state index in [1.165, 1.54) is 7.11 Å². The molecule has 1 aromatic carbocycles. The van der Waals surface area contributed by atoms with Gasteiger partial charge in [0.15, 0.2) is 17.8 Å². The molecule has 234 valence electrons. The number of benzene rings is 1. The molecule has 1 fully saturated rings. The van der Waals surface area contributed by atoms with Gasteiger partial charge in [-0.1, -0.05) is 37.3 Å². The van der Waals surface area contributed by atoms with Crippen LogP contribution in [0.25, 0.3) is 11.2 Å². The number of nitrogens with two attached hydrogens (primary N) is 1. The lowest BCUT2D eigenvalue weighted by molar-refractivity contribution is -0.149. The van der Waals surface area contributed by atoms with E-state index in [1.54, 1.807) is 31.7 Å². The number of imidazole rings is 1. The van der Waals surface area contributed by atoms with Crippen LogP contribution in [0.4, 0.5) is 5.95 Å². The fourth-order valence-electron chi connectivity index (χ4n) is 4.65. The van der Waals surface area contributed by atoms with Crippen molar-refractivity contribution in [2.24, 2.45) is 5.92 Å². The molecule has 1 aliphatic rings.